The van der Waals surface area contributed by atoms with Gasteiger partial charge in [-0.15, -0.1) is 0 Å². The van der Waals surface area contributed by atoms with E-state index in [2.05, 4.69) is 30.9 Å². The van der Waals surface area contributed by atoms with Crippen LogP contribution in [0, 0.1) is 0 Å². The average molecular weight is 498 g/mol. The molecule has 0 atom stereocenters. The van der Waals surface area contributed by atoms with Crippen molar-refractivity contribution in [3.8, 4) is 0 Å². The standard InChI is InChI=1S/C25H26F3N7O/c26-25(27,28)14-32-23(36)20-13-31-24(34-18-5-4-17-12-29-8-6-16(17)10-18)35-22(20)33-19-7-9-30-21(11-19)15-2-1-3-15/h4-5,7,9-11,13,15,29H,1-3,6,8,12,14H2,(H,32,36)(H2,30,31,33,34,35). The SMILES string of the molecule is O=C(NCC(F)(F)F)c1cnc(Nc2ccc3c(c2)CCNC3)nc1Nc1ccnc(C2CCC2)c1. The number of rotatable bonds is 7. The Labute approximate surface area is 206 Å². The van der Waals surface area contributed by atoms with E-state index in [1.165, 1.54) is 17.3 Å². The minimum Gasteiger partial charge on any atom is -0.343 e. The topological polar surface area (TPSA) is 104 Å². The van der Waals surface area contributed by atoms with Crippen LogP contribution in [0.1, 0.15) is 52.4 Å². The zero-order valence-electron chi connectivity index (χ0n) is 19.5. The van der Waals surface area contributed by atoms with Crippen LogP contribution in [0.2, 0.25) is 0 Å². The van der Waals surface area contributed by atoms with Crippen molar-refractivity contribution in [2.45, 2.75) is 44.3 Å². The first-order chi connectivity index (χ1) is 17.3. The van der Waals surface area contributed by atoms with E-state index in [0.717, 1.165) is 50.2 Å². The number of hydrogen-bond acceptors (Lipinski definition) is 7. The molecule has 0 radical (unpaired) electrons. The van der Waals surface area contributed by atoms with Gasteiger partial charge in [-0.3, -0.25) is 9.78 Å². The third kappa shape index (κ3) is 5.73. The van der Waals surface area contributed by atoms with Crippen molar-refractivity contribution in [1.82, 2.24) is 25.6 Å². The molecule has 4 N–H and O–H groups in total. The first kappa shape index (κ1) is 24.0. The Morgan fingerprint density at radius 1 is 1.06 bits per heavy atom. The molecule has 1 aromatic carbocycles. The second-order valence-corrected chi connectivity index (χ2v) is 9.01. The fourth-order valence-corrected chi connectivity index (χ4v) is 4.25. The minimum absolute atomic E-state index is 0.0941. The molecule has 1 amide bonds. The van der Waals surface area contributed by atoms with Crippen LogP contribution in [-0.2, 0) is 13.0 Å². The zero-order valence-corrected chi connectivity index (χ0v) is 19.5. The number of halogens is 3. The van der Waals surface area contributed by atoms with E-state index < -0.39 is 18.6 Å². The van der Waals surface area contributed by atoms with Gasteiger partial charge in [0.2, 0.25) is 5.95 Å². The summed E-state index contributed by atoms with van der Waals surface area (Å²) >= 11 is 0. The van der Waals surface area contributed by atoms with Gasteiger partial charge in [0.1, 0.15) is 17.9 Å². The smallest absolute Gasteiger partial charge is 0.343 e. The highest BCUT2D eigenvalue weighted by Crippen LogP contribution is 2.36. The largest absolute Gasteiger partial charge is 0.405 e. The number of nitrogens with zero attached hydrogens (tertiary/aromatic N) is 3. The summed E-state index contributed by atoms with van der Waals surface area (Å²) in [5.74, 6) is -0.216. The van der Waals surface area contributed by atoms with E-state index in [-0.39, 0.29) is 17.3 Å². The van der Waals surface area contributed by atoms with E-state index >= 15 is 0 Å². The summed E-state index contributed by atoms with van der Waals surface area (Å²) in [7, 11) is 0. The monoisotopic (exact) mass is 497 g/mol. The third-order valence-corrected chi connectivity index (χ3v) is 6.40. The zero-order chi connectivity index (χ0) is 25.1. The van der Waals surface area contributed by atoms with Crippen LogP contribution in [0.15, 0.2) is 42.7 Å². The molecule has 1 aliphatic carbocycles. The number of carbonyl (C=O) groups is 1. The molecule has 36 heavy (non-hydrogen) atoms. The molecule has 0 spiro atoms. The number of amides is 1. The van der Waals surface area contributed by atoms with Crippen LogP contribution in [0.3, 0.4) is 0 Å². The molecule has 3 heterocycles. The van der Waals surface area contributed by atoms with Crippen molar-refractivity contribution >= 4 is 29.0 Å². The molecule has 11 heteroatoms. The predicted molar refractivity (Wildman–Crippen MR) is 130 cm³/mol. The Balaban J connectivity index is 1.41. The molecule has 2 aliphatic rings. The van der Waals surface area contributed by atoms with Gasteiger partial charge >= 0.3 is 6.18 Å². The van der Waals surface area contributed by atoms with Crippen LogP contribution in [0.5, 0.6) is 0 Å². The molecular weight excluding hydrogens is 471 g/mol. The fraction of sp³-hybridized carbons (Fsp3) is 0.360. The second kappa shape index (κ2) is 10.1. The van der Waals surface area contributed by atoms with Crippen LogP contribution in [0.4, 0.5) is 36.3 Å². The second-order valence-electron chi connectivity index (χ2n) is 9.01. The van der Waals surface area contributed by atoms with Gasteiger partial charge in [0.25, 0.3) is 5.91 Å². The van der Waals surface area contributed by atoms with E-state index in [1.54, 1.807) is 12.3 Å². The van der Waals surface area contributed by atoms with E-state index in [0.29, 0.717) is 11.6 Å². The molecule has 188 valence electrons. The van der Waals surface area contributed by atoms with Gasteiger partial charge in [-0.2, -0.15) is 18.2 Å². The highest BCUT2D eigenvalue weighted by atomic mass is 19.4. The van der Waals surface area contributed by atoms with Crippen molar-refractivity contribution < 1.29 is 18.0 Å². The van der Waals surface area contributed by atoms with Gasteiger partial charge in [-0.05, 0) is 61.2 Å². The number of pyridine rings is 1. The molecule has 5 rings (SSSR count). The Morgan fingerprint density at radius 2 is 1.89 bits per heavy atom. The first-order valence-corrected chi connectivity index (χ1v) is 11.9. The van der Waals surface area contributed by atoms with E-state index in [1.807, 2.05) is 29.6 Å². The Bertz CT molecular complexity index is 1260. The highest BCUT2D eigenvalue weighted by Gasteiger charge is 2.29. The summed E-state index contributed by atoms with van der Waals surface area (Å²) in [5, 5.41) is 11.5. The van der Waals surface area contributed by atoms with Crippen LogP contribution in [-0.4, -0.2) is 40.1 Å². The number of anilines is 4. The highest BCUT2D eigenvalue weighted by molar-refractivity contribution is 5.99. The number of hydrogen-bond donors (Lipinski definition) is 4. The van der Waals surface area contributed by atoms with E-state index in [4.69, 9.17) is 0 Å². The number of nitrogens with one attached hydrogen (secondary N) is 4. The average Bonchev–Trinajstić information content (AvgIpc) is 2.81. The summed E-state index contributed by atoms with van der Waals surface area (Å²) in [6.07, 6.45) is 2.56. The maximum Gasteiger partial charge on any atom is 0.405 e. The van der Waals surface area contributed by atoms with Crippen LogP contribution < -0.4 is 21.3 Å². The summed E-state index contributed by atoms with van der Waals surface area (Å²) < 4.78 is 38.0. The lowest BCUT2D eigenvalue weighted by molar-refractivity contribution is -0.123. The third-order valence-electron chi connectivity index (χ3n) is 6.40. The van der Waals surface area contributed by atoms with Gasteiger partial charge in [0.05, 0.1) is 0 Å². The van der Waals surface area contributed by atoms with Crippen molar-refractivity contribution in [3.63, 3.8) is 0 Å². The molecule has 1 fully saturated rings. The van der Waals surface area contributed by atoms with E-state index in [9.17, 15) is 18.0 Å². The molecule has 0 bridgehead atoms. The fourth-order valence-electron chi connectivity index (χ4n) is 4.25. The molecular formula is C25H26F3N7O. The van der Waals surface area contributed by atoms with Gasteiger partial charge < -0.3 is 21.3 Å². The normalized spacial score (nSPS) is 15.5. The lowest BCUT2D eigenvalue weighted by Crippen LogP contribution is -2.34. The maximum atomic E-state index is 12.7. The summed E-state index contributed by atoms with van der Waals surface area (Å²) in [6.45, 7) is 0.268. The van der Waals surface area contributed by atoms with Gasteiger partial charge in [-0.1, -0.05) is 12.5 Å². The van der Waals surface area contributed by atoms with Crippen LogP contribution in [0.25, 0.3) is 0 Å². The molecule has 8 nitrogen and oxygen atoms in total. The Hall–Kier alpha value is -3.73. The summed E-state index contributed by atoms with van der Waals surface area (Å²) in [5.41, 5.74) is 4.72. The number of aromatic nitrogens is 3. The lowest BCUT2D eigenvalue weighted by Gasteiger charge is -2.25. The van der Waals surface area contributed by atoms with Gasteiger partial charge in [0, 0.05) is 41.9 Å². The van der Waals surface area contributed by atoms with Crippen molar-refractivity contribution in [1.29, 1.82) is 0 Å². The number of alkyl halides is 3. The summed E-state index contributed by atoms with van der Waals surface area (Å²) in [4.78, 5) is 25.7. The minimum atomic E-state index is -4.53. The Kier molecular flexibility index (Phi) is 6.73. The first-order valence-electron chi connectivity index (χ1n) is 11.9. The summed E-state index contributed by atoms with van der Waals surface area (Å²) in [6, 6.07) is 9.59. The number of carbonyl (C=O) groups excluding carboxylic acids is 1. The molecule has 0 saturated heterocycles. The van der Waals surface area contributed by atoms with Gasteiger partial charge in [-0.25, -0.2) is 4.98 Å². The van der Waals surface area contributed by atoms with Crippen molar-refractivity contribution in [2.75, 3.05) is 23.7 Å². The molecule has 3 aromatic rings. The quantitative estimate of drug-likeness (QED) is 0.379. The number of benzene rings is 1. The van der Waals surface area contributed by atoms with Crippen molar-refractivity contribution in [2.24, 2.45) is 0 Å². The molecule has 2 aromatic heterocycles. The molecule has 1 saturated carbocycles. The molecule has 0 unspecified atom stereocenters. The van der Waals surface area contributed by atoms with Gasteiger partial charge in [0.15, 0.2) is 0 Å². The molecule has 1 aliphatic heterocycles. The predicted octanol–water partition coefficient (Wildman–Crippen LogP) is 4.56. The number of fused-ring (bicyclic) bond motifs is 1. The lowest BCUT2D eigenvalue weighted by atomic mass is 9.82. The van der Waals surface area contributed by atoms with Crippen molar-refractivity contribution in [3.05, 3.63) is 65.1 Å². The Morgan fingerprint density at radius 3 is 2.67 bits per heavy atom. The maximum absolute atomic E-state index is 12.7. The van der Waals surface area contributed by atoms with Crippen LogP contribution >= 0.6 is 0 Å².